The van der Waals surface area contributed by atoms with Crippen LogP contribution >= 0.6 is 12.4 Å². The summed E-state index contributed by atoms with van der Waals surface area (Å²) in [5.74, 6) is 0.499. The molecule has 0 saturated carbocycles. The Hall–Kier alpha value is -1.06. The van der Waals surface area contributed by atoms with Crippen LogP contribution in [0.25, 0.3) is 0 Å². The molecule has 1 fully saturated rings. The Labute approximate surface area is 114 Å². The maximum atomic E-state index is 12.4. The second-order valence-corrected chi connectivity index (χ2v) is 4.93. The number of para-hydroxylation sites is 1. The highest BCUT2D eigenvalue weighted by Gasteiger charge is 2.31. The summed E-state index contributed by atoms with van der Waals surface area (Å²) >= 11 is 0. The molecule has 0 radical (unpaired) electrons. The van der Waals surface area contributed by atoms with Gasteiger partial charge in [0.15, 0.2) is 0 Å². The van der Waals surface area contributed by atoms with E-state index in [1.807, 2.05) is 11.0 Å². The Morgan fingerprint density at radius 2 is 2.00 bits per heavy atom. The van der Waals surface area contributed by atoms with Crippen LogP contribution in [0.3, 0.4) is 0 Å². The molecule has 4 heteroatoms. The molecule has 1 saturated heterocycles. The molecule has 0 aliphatic carbocycles. The first-order valence-electron chi connectivity index (χ1n) is 6.46. The van der Waals surface area contributed by atoms with E-state index < -0.39 is 0 Å². The summed E-state index contributed by atoms with van der Waals surface area (Å²) in [6.45, 7) is 2.57. The Balaban J connectivity index is 0.00000120. The van der Waals surface area contributed by atoms with Crippen molar-refractivity contribution in [2.45, 2.75) is 19.3 Å². The van der Waals surface area contributed by atoms with Crippen LogP contribution in [0.15, 0.2) is 24.3 Å². The number of aryl methyl sites for hydroxylation is 1. The minimum absolute atomic E-state index is 0. The van der Waals surface area contributed by atoms with E-state index in [2.05, 4.69) is 23.5 Å². The van der Waals surface area contributed by atoms with Crippen LogP contribution in [-0.2, 0) is 11.2 Å². The number of nitrogens with zero attached hydrogens (tertiary/aromatic N) is 1. The zero-order valence-electron chi connectivity index (χ0n) is 10.4. The molecule has 1 aromatic carbocycles. The molecular formula is C14H19ClN2O. The predicted molar refractivity (Wildman–Crippen MR) is 75.3 cm³/mol. The number of halogens is 1. The van der Waals surface area contributed by atoms with Crippen LogP contribution in [-0.4, -0.2) is 25.5 Å². The molecule has 1 aromatic rings. The summed E-state index contributed by atoms with van der Waals surface area (Å²) in [7, 11) is 0. The average molecular weight is 267 g/mol. The first-order valence-corrected chi connectivity index (χ1v) is 6.46. The van der Waals surface area contributed by atoms with E-state index in [0.29, 0.717) is 5.91 Å². The van der Waals surface area contributed by atoms with E-state index in [-0.39, 0.29) is 18.3 Å². The molecule has 3 nitrogen and oxygen atoms in total. The van der Waals surface area contributed by atoms with Crippen molar-refractivity contribution in [2.24, 2.45) is 5.92 Å². The number of hydrogen-bond acceptors (Lipinski definition) is 2. The van der Waals surface area contributed by atoms with Gasteiger partial charge in [0.25, 0.3) is 0 Å². The summed E-state index contributed by atoms with van der Waals surface area (Å²) < 4.78 is 0. The van der Waals surface area contributed by atoms with Gasteiger partial charge in [0.05, 0.1) is 5.92 Å². The summed E-state index contributed by atoms with van der Waals surface area (Å²) in [4.78, 5) is 14.4. The first-order chi connectivity index (χ1) is 8.36. The summed E-state index contributed by atoms with van der Waals surface area (Å²) in [6.07, 6.45) is 3.40. The van der Waals surface area contributed by atoms with E-state index in [4.69, 9.17) is 0 Å². The van der Waals surface area contributed by atoms with Gasteiger partial charge in [-0.1, -0.05) is 18.2 Å². The highest BCUT2D eigenvalue weighted by Crippen LogP contribution is 2.27. The lowest BCUT2D eigenvalue weighted by molar-refractivity contribution is -0.123. The van der Waals surface area contributed by atoms with Crippen LogP contribution in [0.2, 0.25) is 0 Å². The van der Waals surface area contributed by atoms with Crippen molar-refractivity contribution in [3.05, 3.63) is 29.8 Å². The van der Waals surface area contributed by atoms with Gasteiger partial charge in [0, 0.05) is 25.3 Å². The number of hydrogen-bond donors (Lipinski definition) is 1. The van der Waals surface area contributed by atoms with Gasteiger partial charge >= 0.3 is 0 Å². The van der Waals surface area contributed by atoms with Crippen molar-refractivity contribution in [1.82, 2.24) is 5.32 Å². The molecule has 2 heterocycles. The zero-order valence-corrected chi connectivity index (χ0v) is 11.2. The molecule has 1 amide bonds. The quantitative estimate of drug-likeness (QED) is 0.843. The Kier molecular flexibility index (Phi) is 4.25. The smallest absolute Gasteiger partial charge is 0.232 e. The maximum absolute atomic E-state index is 12.4. The van der Waals surface area contributed by atoms with Crippen molar-refractivity contribution < 1.29 is 4.79 Å². The Morgan fingerprint density at radius 1 is 1.22 bits per heavy atom. The fourth-order valence-corrected chi connectivity index (χ4v) is 2.60. The monoisotopic (exact) mass is 266 g/mol. The topological polar surface area (TPSA) is 32.3 Å². The summed E-state index contributed by atoms with van der Waals surface area (Å²) in [5, 5.41) is 3.17. The zero-order chi connectivity index (χ0) is 11.7. The second kappa shape index (κ2) is 5.72. The van der Waals surface area contributed by atoms with Crippen molar-refractivity contribution in [3.8, 4) is 0 Å². The van der Waals surface area contributed by atoms with E-state index in [0.717, 1.165) is 38.2 Å². The number of amides is 1. The number of benzene rings is 1. The third kappa shape index (κ3) is 2.38. The molecule has 2 aliphatic heterocycles. The van der Waals surface area contributed by atoms with Crippen molar-refractivity contribution in [1.29, 1.82) is 0 Å². The molecule has 0 spiro atoms. The molecule has 3 rings (SSSR count). The van der Waals surface area contributed by atoms with Gasteiger partial charge in [-0.05, 0) is 30.9 Å². The van der Waals surface area contributed by atoms with Crippen LogP contribution in [0.4, 0.5) is 5.69 Å². The lowest BCUT2D eigenvalue weighted by Crippen LogP contribution is -2.52. The van der Waals surface area contributed by atoms with E-state index >= 15 is 0 Å². The van der Waals surface area contributed by atoms with Crippen LogP contribution < -0.4 is 10.2 Å². The van der Waals surface area contributed by atoms with Crippen LogP contribution in [0.5, 0.6) is 0 Å². The van der Waals surface area contributed by atoms with Crippen LogP contribution in [0.1, 0.15) is 18.4 Å². The largest absolute Gasteiger partial charge is 0.315 e. The fraction of sp³-hybridized carbons (Fsp3) is 0.500. The normalized spacial score (nSPS) is 19.2. The predicted octanol–water partition coefficient (Wildman–Crippen LogP) is 2.00. The van der Waals surface area contributed by atoms with Gasteiger partial charge in [0.1, 0.15) is 0 Å². The van der Waals surface area contributed by atoms with Gasteiger partial charge in [-0.2, -0.15) is 0 Å². The fourth-order valence-electron chi connectivity index (χ4n) is 2.60. The summed E-state index contributed by atoms with van der Waals surface area (Å²) in [5.41, 5.74) is 2.47. The third-order valence-electron chi connectivity index (χ3n) is 3.76. The molecule has 2 aliphatic rings. The number of nitrogens with one attached hydrogen (secondary N) is 1. The van der Waals surface area contributed by atoms with Crippen molar-refractivity contribution in [2.75, 3.05) is 24.5 Å². The molecule has 98 valence electrons. The minimum Gasteiger partial charge on any atom is -0.315 e. The number of carbonyl (C=O) groups excluding carboxylic acids is 1. The third-order valence-corrected chi connectivity index (χ3v) is 3.76. The maximum Gasteiger partial charge on any atom is 0.232 e. The molecule has 0 unspecified atom stereocenters. The molecule has 0 atom stereocenters. The Bertz CT molecular complexity index is 432. The number of carbonyl (C=O) groups is 1. The number of anilines is 1. The number of fused-ring (bicyclic) bond motifs is 1. The molecule has 0 aromatic heterocycles. The van der Waals surface area contributed by atoms with E-state index in [1.165, 1.54) is 12.0 Å². The van der Waals surface area contributed by atoms with Gasteiger partial charge in [0.2, 0.25) is 5.91 Å². The highest BCUT2D eigenvalue weighted by molar-refractivity contribution is 5.96. The van der Waals surface area contributed by atoms with E-state index in [9.17, 15) is 4.79 Å². The average Bonchev–Trinajstić information content (AvgIpc) is 2.48. The molecule has 0 bridgehead atoms. The molecule has 18 heavy (non-hydrogen) atoms. The van der Waals surface area contributed by atoms with Crippen LogP contribution in [0, 0.1) is 5.92 Å². The standard InChI is InChI=1S/C14H18N2O.ClH/c17-14(12-9-15-10-12)16-8-4-3-6-11-5-1-2-7-13(11)16;/h1-2,5,7,12,15H,3-4,6,8-10H2;1H. The van der Waals surface area contributed by atoms with Crippen molar-refractivity contribution in [3.63, 3.8) is 0 Å². The first kappa shape index (κ1) is 13.4. The Morgan fingerprint density at radius 3 is 2.72 bits per heavy atom. The second-order valence-electron chi connectivity index (χ2n) is 4.93. The molecule has 1 N–H and O–H groups in total. The van der Waals surface area contributed by atoms with E-state index in [1.54, 1.807) is 0 Å². The SMILES string of the molecule is Cl.O=C(C1CNC1)N1CCCCc2ccccc21. The number of rotatable bonds is 1. The minimum atomic E-state index is 0. The highest BCUT2D eigenvalue weighted by atomic mass is 35.5. The summed E-state index contributed by atoms with van der Waals surface area (Å²) in [6, 6.07) is 8.34. The van der Waals surface area contributed by atoms with Gasteiger partial charge in [-0.25, -0.2) is 0 Å². The van der Waals surface area contributed by atoms with Crippen molar-refractivity contribution >= 4 is 24.0 Å². The van der Waals surface area contributed by atoms with Gasteiger partial charge in [-0.3, -0.25) is 4.79 Å². The lowest BCUT2D eigenvalue weighted by atomic mass is 10.0. The lowest BCUT2D eigenvalue weighted by Gasteiger charge is -2.32. The van der Waals surface area contributed by atoms with Gasteiger partial charge < -0.3 is 10.2 Å². The molecular weight excluding hydrogens is 248 g/mol. The van der Waals surface area contributed by atoms with Gasteiger partial charge in [-0.15, -0.1) is 12.4 Å².